The van der Waals surface area contributed by atoms with Crippen molar-refractivity contribution in [1.29, 1.82) is 0 Å². The molecule has 18 heavy (non-hydrogen) atoms. The number of hydrogen-bond acceptors (Lipinski definition) is 2. The van der Waals surface area contributed by atoms with Gasteiger partial charge in [0.25, 0.3) is 0 Å². The van der Waals surface area contributed by atoms with Crippen molar-refractivity contribution in [2.45, 2.75) is 20.0 Å². The van der Waals surface area contributed by atoms with Gasteiger partial charge in [-0.05, 0) is 13.8 Å². The molecule has 2 rings (SSSR count). The maximum absolute atomic E-state index is 5.40. The van der Waals surface area contributed by atoms with Gasteiger partial charge in [0.2, 0.25) is 0 Å². The summed E-state index contributed by atoms with van der Waals surface area (Å²) >= 11 is 0. The summed E-state index contributed by atoms with van der Waals surface area (Å²) in [7, 11) is 0. The third kappa shape index (κ3) is 3.20. The smallest absolute Gasteiger partial charge is 0.122 e. The van der Waals surface area contributed by atoms with Crippen LogP contribution in [0.1, 0.15) is 25.0 Å². The summed E-state index contributed by atoms with van der Waals surface area (Å²) in [6.45, 7) is 3.94. The first-order valence-electron chi connectivity index (χ1n) is 6.12. The molecule has 2 aromatic rings. The zero-order valence-electron chi connectivity index (χ0n) is 10.7. The molecule has 0 unspecified atom stereocenters. The lowest BCUT2D eigenvalue weighted by molar-refractivity contribution is 0.0863. The van der Waals surface area contributed by atoms with E-state index in [9.17, 15) is 0 Å². The van der Waals surface area contributed by atoms with E-state index < -0.39 is 0 Å². The average Bonchev–Trinajstić information content (AvgIpc) is 2.41. The van der Waals surface area contributed by atoms with Crippen molar-refractivity contribution >= 4 is 5.71 Å². The summed E-state index contributed by atoms with van der Waals surface area (Å²) in [5.41, 5.74) is 2.98. The second-order valence-electron chi connectivity index (χ2n) is 4.33. The normalized spacial score (nSPS) is 10.2. The zero-order chi connectivity index (χ0) is 12.8. The van der Waals surface area contributed by atoms with E-state index in [1.54, 1.807) is 0 Å². The number of rotatable bonds is 4. The maximum atomic E-state index is 5.40. The molecule has 2 aromatic carbocycles. The highest BCUT2D eigenvalue weighted by molar-refractivity contribution is 6.12. The van der Waals surface area contributed by atoms with Crippen LogP contribution in [0.3, 0.4) is 0 Å². The van der Waals surface area contributed by atoms with Gasteiger partial charge in [0.15, 0.2) is 0 Å². The molecule has 0 radical (unpaired) electrons. The van der Waals surface area contributed by atoms with Gasteiger partial charge in [0, 0.05) is 11.1 Å². The Labute approximate surface area is 108 Å². The molecule has 0 N–H and O–H groups in total. The standard InChI is InChI=1S/C16H17NO/c1-13(2)18-17-16(14-9-5-3-6-10-14)15-11-7-4-8-12-15/h3-13H,1-2H3. The van der Waals surface area contributed by atoms with Crippen LogP contribution in [-0.4, -0.2) is 11.8 Å². The Kier molecular flexibility index (Phi) is 4.13. The first kappa shape index (κ1) is 12.4. The minimum atomic E-state index is 0.0763. The van der Waals surface area contributed by atoms with Gasteiger partial charge < -0.3 is 4.84 Å². The quantitative estimate of drug-likeness (QED) is 0.586. The van der Waals surface area contributed by atoms with Crippen molar-refractivity contribution in [3.8, 4) is 0 Å². The molecule has 0 fully saturated rings. The van der Waals surface area contributed by atoms with Gasteiger partial charge in [-0.3, -0.25) is 0 Å². The Morgan fingerprint density at radius 3 is 1.67 bits per heavy atom. The predicted molar refractivity (Wildman–Crippen MR) is 74.7 cm³/mol. The third-order valence-corrected chi connectivity index (χ3v) is 2.45. The van der Waals surface area contributed by atoms with Crippen LogP contribution < -0.4 is 0 Å². The summed E-state index contributed by atoms with van der Waals surface area (Å²) < 4.78 is 0. The molecule has 0 aromatic heterocycles. The van der Waals surface area contributed by atoms with Crippen molar-refractivity contribution in [2.24, 2.45) is 5.16 Å². The van der Waals surface area contributed by atoms with Gasteiger partial charge in [-0.1, -0.05) is 65.8 Å². The van der Waals surface area contributed by atoms with E-state index in [2.05, 4.69) is 5.16 Å². The number of benzene rings is 2. The van der Waals surface area contributed by atoms with Crippen LogP contribution in [0.4, 0.5) is 0 Å². The molecular formula is C16H17NO. The minimum absolute atomic E-state index is 0.0763. The van der Waals surface area contributed by atoms with E-state index in [1.807, 2.05) is 74.5 Å². The van der Waals surface area contributed by atoms with Crippen LogP contribution in [0.5, 0.6) is 0 Å². The lowest BCUT2D eigenvalue weighted by Crippen LogP contribution is -2.06. The van der Waals surface area contributed by atoms with Crippen LogP contribution in [0.25, 0.3) is 0 Å². The number of oxime groups is 1. The van der Waals surface area contributed by atoms with Gasteiger partial charge in [-0.15, -0.1) is 0 Å². The van der Waals surface area contributed by atoms with Crippen molar-refractivity contribution < 1.29 is 4.84 Å². The van der Waals surface area contributed by atoms with Gasteiger partial charge in [-0.2, -0.15) is 0 Å². The molecule has 0 atom stereocenters. The van der Waals surface area contributed by atoms with Gasteiger partial charge in [0.1, 0.15) is 11.8 Å². The first-order chi connectivity index (χ1) is 8.77. The Morgan fingerprint density at radius 1 is 0.833 bits per heavy atom. The Hall–Kier alpha value is -2.09. The highest BCUT2D eigenvalue weighted by Crippen LogP contribution is 2.11. The molecule has 0 bridgehead atoms. The topological polar surface area (TPSA) is 21.6 Å². The second kappa shape index (κ2) is 6.01. The summed E-state index contributed by atoms with van der Waals surface area (Å²) in [5, 5.41) is 4.28. The van der Waals surface area contributed by atoms with E-state index >= 15 is 0 Å². The molecule has 0 aliphatic carbocycles. The van der Waals surface area contributed by atoms with E-state index in [0.29, 0.717) is 0 Å². The van der Waals surface area contributed by atoms with Crippen molar-refractivity contribution in [3.63, 3.8) is 0 Å². The highest BCUT2D eigenvalue weighted by Gasteiger charge is 2.07. The molecular weight excluding hydrogens is 222 g/mol. The molecule has 0 saturated heterocycles. The van der Waals surface area contributed by atoms with Crippen molar-refractivity contribution in [1.82, 2.24) is 0 Å². The van der Waals surface area contributed by atoms with E-state index in [4.69, 9.17) is 4.84 Å². The number of hydrogen-bond donors (Lipinski definition) is 0. The minimum Gasteiger partial charge on any atom is -0.393 e. The maximum Gasteiger partial charge on any atom is 0.122 e. The van der Waals surface area contributed by atoms with Gasteiger partial charge in [0.05, 0.1) is 0 Å². The van der Waals surface area contributed by atoms with Crippen LogP contribution in [0.2, 0.25) is 0 Å². The van der Waals surface area contributed by atoms with Crippen LogP contribution in [-0.2, 0) is 4.84 Å². The molecule has 92 valence electrons. The molecule has 0 saturated carbocycles. The lowest BCUT2D eigenvalue weighted by Gasteiger charge is -2.08. The summed E-state index contributed by atoms with van der Waals surface area (Å²) in [5.74, 6) is 0. The molecule has 0 aliphatic heterocycles. The van der Waals surface area contributed by atoms with Crippen molar-refractivity contribution in [3.05, 3.63) is 71.8 Å². The fraction of sp³-hybridized carbons (Fsp3) is 0.188. The van der Waals surface area contributed by atoms with Crippen LogP contribution in [0.15, 0.2) is 65.8 Å². The fourth-order valence-electron chi connectivity index (χ4n) is 1.62. The molecule has 0 amide bonds. The first-order valence-corrected chi connectivity index (χ1v) is 6.12. The monoisotopic (exact) mass is 239 g/mol. The van der Waals surface area contributed by atoms with E-state index in [-0.39, 0.29) is 6.10 Å². The summed E-state index contributed by atoms with van der Waals surface area (Å²) in [6.07, 6.45) is 0.0763. The SMILES string of the molecule is CC(C)ON=C(c1ccccc1)c1ccccc1. The Bertz CT molecular complexity index is 462. The highest BCUT2D eigenvalue weighted by atomic mass is 16.6. The van der Waals surface area contributed by atoms with Gasteiger partial charge in [-0.25, -0.2) is 0 Å². The van der Waals surface area contributed by atoms with E-state index in [1.165, 1.54) is 0 Å². The summed E-state index contributed by atoms with van der Waals surface area (Å²) in [6, 6.07) is 20.2. The summed E-state index contributed by atoms with van der Waals surface area (Å²) in [4.78, 5) is 5.40. The van der Waals surface area contributed by atoms with Gasteiger partial charge >= 0.3 is 0 Å². The third-order valence-electron chi connectivity index (χ3n) is 2.45. The molecule has 2 heteroatoms. The van der Waals surface area contributed by atoms with Crippen LogP contribution in [0, 0.1) is 0 Å². The average molecular weight is 239 g/mol. The Morgan fingerprint density at radius 2 is 1.28 bits per heavy atom. The number of nitrogens with zero attached hydrogens (tertiary/aromatic N) is 1. The molecule has 0 aliphatic rings. The predicted octanol–water partition coefficient (Wildman–Crippen LogP) is 3.86. The zero-order valence-corrected chi connectivity index (χ0v) is 10.7. The largest absolute Gasteiger partial charge is 0.393 e. The fourth-order valence-corrected chi connectivity index (χ4v) is 1.62. The second-order valence-corrected chi connectivity index (χ2v) is 4.33. The Balaban J connectivity index is 2.39. The molecule has 0 heterocycles. The van der Waals surface area contributed by atoms with Crippen molar-refractivity contribution in [2.75, 3.05) is 0 Å². The molecule has 2 nitrogen and oxygen atoms in total. The van der Waals surface area contributed by atoms with E-state index in [0.717, 1.165) is 16.8 Å². The molecule has 0 spiro atoms. The van der Waals surface area contributed by atoms with Crippen LogP contribution >= 0.6 is 0 Å². The lowest BCUT2D eigenvalue weighted by atomic mass is 10.0.